The average Bonchev–Trinajstić information content (AvgIpc) is 2.24. The minimum absolute atomic E-state index is 0.0324. The highest BCUT2D eigenvalue weighted by Crippen LogP contribution is 2.03. The fourth-order valence-corrected chi connectivity index (χ4v) is 1.24. The van der Waals surface area contributed by atoms with Gasteiger partial charge in [0, 0.05) is 38.7 Å². The highest BCUT2D eigenvalue weighted by atomic mass is 16.3. The molecule has 0 aliphatic carbocycles. The van der Waals surface area contributed by atoms with Gasteiger partial charge in [0.15, 0.2) is 0 Å². The first-order valence-corrected chi connectivity index (χ1v) is 5.61. The van der Waals surface area contributed by atoms with Crippen LogP contribution >= 0.6 is 0 Å². The molecule has 0 fully saturated rings. The Morgan fingerprint density at radius 3 is 1.71 bits per heavy atom. The van der Waals surface area contributed by atoms with Crippen LogP contribution in [0.1, 0.15) is 45.4 Å². The Morgan fingerprint density at radius 1 is 0.765 bits per heavy atom. The number of aliphatic hydroxyl groups excluding tert-OH is 1. The van der Waals surface area contributed by atoms with E-state index in [0.29, 0.717) is 0 Å². The fraction of sp³-hybridized carbons (Fsp3) is 0.667. The van der Waals surface area contributed by atoms with Crippen LogP contribution in [0.25, 0.3) is 0 Å². The van der Waals surface area contributed by atoms with Crippen LogP contribution in [0.5, 0.6) is 0 Å². The number of Topliss-reactive ketones (excluding diaryl/α,β-unsaturated/α-hetero) is 4. The molecular formula is C12H18O5. The Balaban J connectivity index is 3.74. The predicted octanol–water partition coefficient (Wildman–Crippen LogP) is 0.616. The van der Waals surface area contributed by atoms with Gasteiger partial charge >= 0.3 is 0 Å². The molecule has 0 rings (SSSR count). The van der Waals surface area contributed by atoms with Crippen molar-refractivity contribution < 1.29 is 24.3 Å². The lowest BCUT2D eigenvalue weighted by atomic mass is 10.0. The van der Waals surface area contributed by atoms with Crippen LogP contribution in [0.2, 0.25) is 0 Å². The third-order valence-electron chi connectivity index (χ3n) is 2.22. The first-order valence-electron chi connectivity index (χ1n) is 5.61. The first kappa shape index (κ1) is 15.6. The lowest BCUT2D eigenvalue weighted by Gasteiger charge is -2.00. The summed E-state index contributed by atoms with van der Waals surface area (Å²) in [5.41, 5.74) is 0. The van der Waals surface area contributed by atoms with Gasteiger partial charge in [-0.25, -0.2) is 0 Å². The number of ketones is 4. The van der Waals surface area contributed by atoms with E-state index in [2.05, 4.69) is 0 Å². The van der Waals surface area contributed by atoms with Crippen molar-refractivity contribution in [1.29, 1.82) is 0 Å². The van der Waals surface area contributed by atoms with E-state index in [1.54, 1.807) is 0 Å². The van der Waals surface area contributed by atoms with Crippen LogP contribution < -0.4 is 0 Å². The molecule has 0 saturated carbocycles. The number of carbonyl (C=O) groups is 4. The van der Waals surface area contributed by atoms with E-state index in [4.69, 9.17) is 5.11 Å². The van der Waals surface area contributed by atoms with Gasteiger partial charge < -0.3 is 9.90 Å². The predicted molar refractivity (Wildman–Crippen MR) is 60.5 cm³/mol. The molecule has 0 aliphatic rings. The molecule has 0 amide bonds. The molecule has 0 aromatic heterocycles. The van der Waals surface area contributed by atoms with Crippen LogP contribution in [0, 0.1) is 0 Å². The second-order valence-electron chi connectivity index (χ2n) is 3.97. The average molecular weight is 242 g/mol. The van der Waals surface area contributed by atoms with Gasteiger partial charge in [-0.3, -0.25) is 14.4 Å². The molecule has 0 unspecified atom stereocenters. The van der Waals surface area contributed by atoms with Gasteiger partial charge in [-0.15, -0.1) is 0 Å². The molecule has 0 heterocycles. The van der Waals surface area contributed by atoms with Crippen LogP contribution in [0.15, 0.2) is 0 Å². The van der Waals surface area contributed by atoms with E-state index in [0.717, 1.165) is 0 Å². The van der Waals surface area contributed by atoms with E-state index in [1.807, 2.05) is 0 Å². The number of aliphatic hydroxyl groups is 1. The zero-order chi connectivity index (χ0) is 13.3. The smallest absolute Gasteiger partial charge is 0.140 e. The molecule has 5 nitrogen and oxygen atoms in total. The highest BCUT2D eigenvalue weighted by Gasteiger charge is 2.12. The second-order valence-corrected chi connectivity index (χ2v) is 3.97. The molecule has 0 bridgehead atoms. The standard InChI is InChI=1S/C12H18O5/c1-9(14)2-3-11(16)8-12(17)5-4-10(15)6-7-13/h13H,2-8H2,1H3. The van der Waals surface area contributed by atoms with Crippen molar-refractivity contribution in [2.75, 3.05) is 6.61 Å². The molecule has 0 aliphatic heterocycles. The number of hydrogen-bond donors (Lipinski definition) is 1. The molecular weight excluding hydrogens is 224 g/mol. The van der Waals surface area contributed by atoms with Crippen LogP contribution in [-0.2, 0) is 19.2 Å². The van der Waals surface area contributed by atoms with E-state index < -0.39 is 0 Å². The summed E-state index contributed by atoms with van der Waals surface area (Å²) in [5, 5.41) is 8.48. The summed E-state index contributed by atoms with van der Waals surface area (Å²) in [6, 6.07) is 0. The number of hydrogen-bond acceptors (Lipinski definition) is 5. The van der Waals surface area contributed by atoms with Crippen molar-refractivity contribution in [3.8, 4) is 0 Å². The molecule has 5 heteroatoms. The van der Waals surface area contributed by atoms with Crippen LogP contribution in [0.4, 0.5) is 0 Å². The third kappa shape index (κ3) is 9.56. The van der Waals surface area contributed by atoms with Gasteiger partial charge in [-0.05, 0) is 6.92 Å². The summed E-state index contributed by atoms with van der Waals surface area (Å²) in [6.45, 7) is 1.17. The van der Waals surface area contributed by atoms with Gasteiger partial charge in [0.05, 0.1) is 6.42 Å². The Bertz CT molecular complexity index is 306. The molecule has 0 atom stereocenters. The van der Waals surface area contributed by atoms with Gasteiger partial charge in [-0.2, -0.15) is 0 Å². The highest BCUT2D eigenvalue weighted by molar-refractivity contribution is 6.01. The minimum atomic E-state index is -0.287. The normalized spacial score (nSPS) is 10.0. The molecule has 0 spiro atoms. The quantitative estimate of drug-likeness (QED) is 0.567. The Morgan fingerprint density at radius 2 is 1.24 bits per heavy atom. The molecule has 1 N–H and O–H groups in total. The van der Waals surface area contributed by atoms with Gasteiger partial charge in [0.1, 0.15) is 23.1 Å². The molecule has 0 radical (unpaired) electrons. The summed E-state index contributed by atoms with van der Waals surface area (Å²) < 4.78 is 0. The van der Waals surface area contributed by atoms with Crippen molar-refractivity contribution in [3.63, 3.8) is 0 Å². The van der Waals surface area contributed by atoms with Crippen LogP contribution in [0.3, 0.4) is 0 Å². The van der Waals surface area contributed by atoms with Crippen molar-refractivity contribution in [2.45, 2.75) is 45.4 Å². The van der Waals surface area contributed by atoms with Crippen molar-refractivity contribution in [3.05, 3.63) is 0 Å². The van der Waals surface area contributed by atoms with Gasteiger partial charge in [0.25, 0.3) is 0 Å². The zero-order valence-electron chi connectivity index (χ0n) is 10.0. The SMILES string of the molecule is CC(=O)CCC(=O)CC(=O)CCC(=O)CCO. The molecule has 0 aromatic rings. The minimum Gasteiger partial charge on any atom is -0.396 e. The lowest BCUT2D eigenvalue weighted by molar-refractivity contribution is -0.130. The number of carbonyl (C=O) groups excluding carboxylic acids is 4. The van der Waals surface area contributed by atoms with Crippen molar-refractivity contribution in [2.24, 2.45) is 0 Å². The molecule has 96 valence electrons. The van der Waals surface area contributed by atoms with Crippen molar-refractivity contribution in [1.82, 2.24) is 0 Å². The van der Waals surface area contributed by atoms with Crippen LogP contribution in [-0.4, -0.2) is 34.8 Å². The van der Waals surface area contributed by atoms with Gasteiger partial charge in [0.2, 0.25) is 0 Å². The molecule has 0 aromatic carbocycles. The van der Waals surface area contributed by atoms with Crippen molar-refractivity contribution >= 4 is 23.1 Å². The third-order valence-corrected chi connectivity index (χ3v) is 2.22. The molecule has 0 saturated heterocycles. The summed E-state index contributed by atoms with van der Waals surface area (Å²) in [7, 11) is 0. The van der Waals surface area contributed by atoms with Gasteiger partial charge in [-0.1, -0.05) is 0 Å². The Labute approximate surface area is 100 Å². The zero-order valence-corrected chi connectivity index (χ0v) is 10.0. The van der Waals surface area contributed by atoms with E-state index in [9.17, 15) is 19.2 Å². The number of rotatable bonds is 10. The first-order chi connectivity index (χ1) is 7.95. The molecule has 17 heavy (non-hydrogen) atoms. The second kappa shape index (κ2) is 8.75. The fourth-order valence-electron chi connectivity index (χ4n) is 1.24. The summed E-state index contributed by atoms with van der Waals surface area (Å²) >= 11 is 0. The Kier molecular flexibility index (Phi) is 8.05. The summed E-state index contributed by atoms with van der Waals surface area (Å²) in [6.07, 6.45) is 0.191. The Hall–Kier alpha value is -1.36. The summed E-state index contributed by atoms with van der Waals surface area (Å²) in [5.74, 6) is -0.814. The van der Waals surface area contributed by atoms with E-state index in [1.165, 1.54) is 6.92 Å². The largest absolute Gasteiger partial charge is 0.396 e. The monoisotopic (exact) mass is 242 g/mol. The topological polar surface area (TPSA) is 88.5 Å². The maximum absolute atomic E-state index is 11.3. The lowest BCUT2D eigenvalue weighted by Crippen LogP contribution is -2.11. The van der Waals surface area contributed by atoms with E-state index in [-0.39, 0.29) is 68.3 Å². The maximum atomic E-state index is 11.3. The van der Waals surface area contributed by atoms with E-state index >= 15 is 0 Å². The summed E-state index contributed by atoms with van der Waals surface area (Å²) in [4.78, 5) is 44.1. The maximum Gasteiger partial charge on any atom is 0.140 e.